The molecule has 0 aliphatic carbocycles. The number of nitrogens with two attached hydrogens (primary N) is 1. The molecule has 1 aromatic carbocycles. The van der Waals surface area contributed by atoms with Gasteiger partial charge in [0.2, 0.25) is 0 Å². The first kappa shape index (κ1) is 14.6. The van der Waals surface area contributed by atoms with Gasteiger partial charge in [-0.2, -0.15) is 0 Å². The van der Waals surface area contributed by atoms with Crippen LogP contribution in [0.15, 0.2) is 18.2 Å². The van der Waals surface area contributed by atoms with Crippen molar-refractivity contribution in [2.45, 2.75) is 6.42 Å². The van der Waals surface area contributed by atoms with E-state index in [4.69, 9.17) is 22.1 Å². The summed E-state index contributed by atoms with van der Waals surface area (Å²) < 4.78 is 6.12. The van der Waals surface area contributed by atoms with Gasteiger partial charge >= 0.3 is 0 Å². The fourth-order valence-corrected chi connectivity index (χ4v) is 4.27. The molecule has 1 aliphatic heterocycles. The number of nitrogen functional groups attached to an aromatic ring is 1. The van der Waals surface area contributed by atoms with Crippen molar-refractivity contribution < 1.29 is 9.53 Å². The molecule has 2 aromatic rings. The van der Waals surface area contributed by atoms with Crippen LogP contribution in [0.25, 0.3) is 10.1 Å². The minimum Gasteiger partial charge on any atom is -0.397 e. The van der Waals surface area contributed by atoms with Gasteiger partial charge in [0.05, 0.1) is 17.3 Å². The summed E-state index contributed by atoms with van der Waals surface area (Å²) in [7, 11) is 1.69. The predicted molar refractivity (Wildman–Crippen MR) is 87.1 cm³/mol. The van der Waals surface area contributed by atoms with E-state index in [-0.39, 0.29) is 5.91 Å². The molecule has 1 fully saturated rings. The van der Waals surface area contributed by atoms with Crippen molar-refractivity contribution in [2.24, 2.45) is 5.92 Å². The van der Waals surface area contributed by atoms with Crippen molar-refractivity contribution in [1.82, 2.24) is 4.90 Å². The molecule has 1 aliphatic rings. The lowest BCUT2D eigenvalue weighted by Crippen LogP contribution is -2.29. The molecule has 1 unspecified atom stereocenters. The normalized spacial score (nSPS) is 18.6. The van der Waals surface area contributed by atoms with E-state index in [2.05, 4.69) is 0 Å². The number of thiophene rings is 1. The lowest BCUT2D eigenvalue weighted by atomic mass is 10.1. The second kappa shape index (κ2) is 5.83. The summed E-state index contributed by atoms with van der Waals surface area (Å²) in [5, 5.41) is 1.39. The highest BCUT2D eigenvalue weighted by molar-refractivity contribution is 7.21. The Balaban J connectivity index is 1.89. The van der Waals surface area contributed by atoms with Crippen molar-refractivity contribution in [3.63, 3.8) is 0 Å². The standard InChI is InChI=1S/C15H17ClN2O2S/c1-20-8-9-5-6-18(7-9)15(19)14-13(17)12-10(16)3-2-4-11(12)21-14/h2-4,9H,5-8,17H2,1H3. The number of hydrogen-bond acceptors (Lipinski definition) is 4. The maximum absolute atomic E-state index is 12.7. The van der Waals surface area contributed by atoms with Crippen LogP contribution in [0.3, 0.4) is 0 Å². The summed E-state index contributed by atoms with van der Waals surface area (Å²) in [6.07, 6.45) is 0.977. The van der Waals surface area contributed by atoms with Crippen molar-refractivity contribution in [3.05, 3.63) is 28.1 Å². The molecule has 0 spiro atoms. The summed E-state index contributed by atoms with van der Waals surface area (Å²) in [5.41, 5.74) is 6.66. The largest absolute Gasteiger partial charge is 0.397 e. The molecule has 0 bridgehead atoms. The zero-order valence-electron chi connectivity index (χ0n) is 11.8. The number of anilines is 1. The number of hydrogen-bond donors (Lipinski definition) is 1. The highest BCUT2D eigenvalue weighted by Gasteiger charge is 2.29. The molecule has 1 saturated heterocycles. The van der Waals surface area contributed by atoms with Crippen LogP contribution in [0.2, 0.25) is 5.02 Å². The number of carbonyl (C=O) groups excluding carboxylic acids is 1. The summed E-state index contributed by atoms with van der Waals surface area (Å²) in [4.78, 5) is 15.1. The van der Waals surface area contributed by atoms with Gasteiger partial charge in [-0.1, -0.05) is 17.7 Å². The highest BCUT2D eigenvalue weighted by Crippen LogP contribution is 2.39. The lowest BCUT2D eigenvalue weighted by molar-refractivity contribution is 0.0781. The van der Waals surface area contributed by atoms with E-state index in [0.29, 0.717) is 28.1 Å². The molecule has 112 valence electrons. The maximum atomic E-state index is 12.7. The molecule has 1 aromatic heterocycles. The van der Waals surface area contributed by atoms with Gasteiger partial charge in [-0.25, -0.2) is 0 Å². The molecule has 3 rings (SSSR count). The van der Waals surface area contributed by atoms with Gasteiger partial charge in [0.1, 0.15) is 4.88 Å². The molecule has 2 N–H and O–H groups in total. The van der Waals surface area contributed by atoms with Gasteiger partial charge in [-0.15, -0.1) is 11.3 Å². The highest BCUT2D eigenvalue weighted by atomic mass is 35.5. The Morgan fingerprint density at radius 1 is 1.57 bits per heavy atom. The number of likely N-dealkylation sites (tertiary alicyclic amines) is 1. The molecular weight excluding hydrogens is 308 g/mol. The van der Waals surface area contributed by atoms with Gasteiger partial charge in [0.15, 0.2) is 0 Å². The first-order valence-electron chi connectivity index (χ1n) is 6.86. The molecule has 1 atom stereocenters. The Bertz CT molecular complexity index is 686. The Hall–Kier alpha value is -1.30. The Morgan fingerprint density at radius 2 is 2.38 bits per heavy atom. The number of carbonyl (C=O) groups is 1. The van der Waals surface area contributed by atoms with Crippen LogP contribution in [-0.2, 0) is 4.74 Å². The van der Waals surface area contributed by atoms with Crippen LogP contribution in [-0.4, -0.2) is 37.6 Å². The monoisotopic (exact) mass is 324 g/mol. The van der Waals surface area contributed by atoms with E-state index < -0.39 is 0 Å². The fraction of sp³-hybridized carbons (Fsp3) is 0.400. The molecular formula is C15H17ClN2O2S. The van der Waals surface area contributed by atoms with Crippen molar-refractivity contribution in [1.29, 1.82) is 0 Å². The van der Waals surface area contributed by atoms with Crippen LogP contribution in [0.1, 0.15) is 16.1 Å². The molecule has 1 amide bonds. The minimum atomic E-state index is 0.00312. The molecule has 6 heteroatoms. The third-order valence-corrected chi connectivity index (χ3v) is 5.34. The predicted octanol–water partition coefficient (Wildman–Crippen LogP) is 3.25. The SMILES string of the molecule is COCC1CCN(C(=O)c2sc3cccc(Cl)c3c2N)C1. The quantitative estimate of drug-likeness (QED) is 0.943. The van der Waals surface area contributed by atoms with Gasteiger partial charge in [-0.05, 0) is 18.6 Å². The van der Waals surface area contributed by atoms with E-state index in [1.54, 1.807) is 13.2 Å². The maximum Gasteiger partial charge on any atom is 0.266 e. The fourth-order valence-electron chi connectivity index (χ4n) is 2.82. The summed E-state index contributed by atoms with van der Waals surface area (Å²) in [5.74, 6) is 0.418. The van der Waals surface area contributed by atoms with Gasteiger partial charge in [0.25, 0.3) is 5.91 Å². The lowest BCUT2D eigenvalue weighted by Gasteiger charge is -2.15. The zero-order valence-corrected chi connectivity index (χ0v) is 13.3. The van der Waals surface area contributed by atoms with Crippen LogP contribution in [0.4, 0.5) is 5.69 Å². The van der Waals surface area contributed by atoms with Crippen molar-refractivity contribution in [3.8, 4) is 0 Å². The second-order valence-corrected chi connectivity index (χ2v) is 6.78. The van der Waals surface area contributed by atoms with E-state index in [9.17, 15) is 4.79 Å². The van der Waals surface area contributed by atoms with Gasteiger partial charge in [-0.3, -0.25) is 4.79 Å². The zero-order chi connectivity index (χ0) is 15.0. The van der Waals surface area contributed by atoms with E-state index in [1.807, 2.05) is 17.0 Å². The number of ether oxygens (including phenoxy) is 1. The smallest absolute Gasteiger partial charge is 0.266 e. The molecule has 2 heterocycles. The van der Waals surface area contributed by atoms with Crippen LogP contribution in [0.5, 0.6) is 0 Å². The summed E-state index contributed by atoms with van der Waals surface area (Å²) >= 11 is 7.61. The minimum absolute atomic E-state index is 0.00312. The third kappa shape index (κ3) is 2.61. The molecule has 0 radical (unpaired) electrons. The van der Waals surface area contributed by atoms with Crippen molar-refractivity contribution >= 4 is 44.6 Å². The van der Waals surface area contributed by atoms with E-state index in [0.717, 1.165) is 29.6 Å². The number of amides is 1. The molecule has 4 nitrogen and oxygen atoms in total. The average Bonchev–Trinajstić information content (AvgIpc) is 3.05. The average molecular weight is 325 g/mol. The van der Waals surface area contributed by atoms with Crippen molar-refractivity contribution in [2.75, 3.05) is 32.5 Å². The number of benzene rings is 1. The molecule has 0 saturated carbocycles. The number of fused-ring (bicyclic) bond motifs is 1. The number of nitrogens with zero attached hydrogens (tertiary/aromatic N) is 1. The number of halogens is 1. The molecule has 21 heavy (non-hydrogen) atoms. The topological polar surface area (TPSA) is 55.6 Å². The number of rotatable bonds is 3. The second-order valence-electron chi connectivity index (χ2n) is 5.32. The first-order chi connectivity index (χ1) is 10.1. The summed E-state index contributed by atoms with van der Waals surface area (Å²) in [6, 6.07) is 5.61. The van der Waals surface area contributed by atoms with Crippen LogP contribution < -0.4 is 5.73 Å². The van der Waals surface area contributed by atoms with Crippen LogP contribution >= 0.6 is 22.9 Å². The van der Waals surface area contributed by atoms with E-state index >= 15 is 0 Å². The Morgan fingerprint density at radius 3 is 3.10 bits per heavy atom. The summed E-state index contributed by atoms with van der Waals surface area (Å²) in [6.45, 7) is 2.18. The first-order valence-corrected chi connectivity index (χ1v) is 8.06. The Labute approximate surface area is 132 Å². The van der Waals surface area contributed by atoms with Gasteiger partial charge < -0.3 is 15.4 Å². The van der Waals surface area contributed by atoms with E-state index in [1.165, 1.54) is 11.3 Å². The Kier molecular flexibility index (Phi) is 4.06. The number of methoxy groups -OCH3 is 1. The van der Waals surface area contributed by atoms with Gasteiger partial charge in [0, 0.05) is 36.2 Å². The van der Waals surface area contributed by atoms with Crippen LogP contribution in [0, 0.1) is 5.92 Å². The third-order valence-electron chi connectivity index (χ3n) is 3.87.